The summed E-state index contributed by atoms with van der Waals surface area (Å²) < 4.78 is 2.39. The molecule has 0 bridgehead atoms. The SMILES string of the molecule is c1ccc(-c2nc3ccccc3c3c2ccc2c3c3ccccc3n2-c2cccc(-c3ccc4ccc5cccnc5c4n3)c2)cc1. The molecule has 0 spiro atoms. The van der Waals surface area contributed by atoms with Crippen LogP contribution in [-0.4, -0.2) is 19.5 Å². The van der Waals surface area contributed by atoms with Crippen molar-refractivity contribution in [3.63, 3.8) is 0 Å². The second-order valence-corrected chi connectivity index (χ2v) is 12.0. The van der Waals surface area contributed by atoms with E-state index in [1.165, 1.54) is 16.2 Å². The fraction of sp³-hybridized carbons (Fsp3) is 0. The summed E-state index contributed by atoms with van der Waals surface area (Å²) in [5, 5.41) is 8.17. The van der Waals surface area contributed by atoms with E-state index in [4.69, 9.17) is 9.97 Å². The Labute approximate surface area is 270 Å². The number of benzene rings is 6. The Morgan fingerprint density at radius 1 is 0.447 bits per heavy atom. The second kappa shape index (κ2) is 10.1. The molecule has 0 fully saturated rings. The molecule has 0 saturated carbocycles. The van der Waals surface area contributed by atoms with E-state index in [1.807, 2.05) is 12.3 Å². The van der Waals surface area contributed by atoms with E-state index in [0.29, 0.717) is 0 Å². The molecular weight excluding hydrogens is 573 g/mol. The van der Waals surface area contributed by atoms with E-state index in [9.17, 15) is 0 Å². The van der Waals surface area contributed by atoms with E-state index in [1.54, 1.807) is 0 Å². The molecule has 6 aromatic carbocycles. The summed E-state index contributed by atoms with van der Waals surface area (Å²) in [6.45, 7) is 0. The number of rotatable bonds is 3. The van der Waals surface area contributed by atoms with Crippen LogP contribution in [-0.2, 0) is 0 Å². The molecule has 0 amide bonds. The van der Waals surface area contributed by atoms with Gasteiger partial charge in [0.2, 0.25) is 0 Å². The molecule has 47 heavy (non-hydrogen) atoms. The minimum atomic E-state index is 0.920. The quantitative estimate of drug-likeness (QED) is 0.190. The Bertz CT molecular complexity index is 2850. The molecule has 4 aromatic heterocycles. The van der Waals surface area contributed by atoms with Crippen molar-refractivity contribution in [2.45, 2.75) is 0 Å². The molecule has 4 heterocycles. The molecule has 10 aromatic rings. The van der Waals surface area contributed by atoms with Gasteiger partial charge in [0.05, 0.1) is 39.0 Å². The lowest BCUT2D eigenvalue weighted by molar-refractivity contribution is 1.18. The van der Waals surface area contributed by atoms with Crippen LogP contribution in [0.1, 0.15) is 0 Å². The molecule has 4 heteroatoms. The first-order chi connectivity index (χ1) is 23.3. The van der Waals surface area contributed by atoms with Gasteiger partial charge in [-0.05, 0) is 42.5 Å². The number of fused-ring (bicyclic) bond motifs is 10. The number of pyridine rings is 3. The highest BCUT2D eigenvalue weighted by Crippen LogP contribution is 2.42. The van der Waals surface area contributed by atoms with Gasteiger partial charge in [-0.25, -0.2) is 9.97 Å². The number of nitrogens with zero attached hydrogens (tertiary/aromatic N) is 4. The molecule has 0 saturated heterocycles. The second-order valence-electron chi connectivity index (χ2n) is 12.0. The van der Waals surface area contributed by atoms with Gasteiger partial charge in [0.25, 0.3) is 0 Å². The van der Waals surface area contributed by atoms with Crippen molar-refractivity contribution < 1.29 is 0 Å². The fourth-order valence-electron chi connectivity index (χ4n) is 7.28. The standard InChI is InChI=1S/C43H26N4/c1-2-10-27(11-3-1)41-34-22-24-38-40(39(34)32-15-4-6-17-36(32)46-41)33-16-5-7-18-37(33)47(38)31-14-8-12-30(26-31)35-23-21-29-20-19-28-13-9-25-44-42(28)43(29)45-35/h1-26H. The van der Waals surface area contributed by atoms with Gasteiger partial charge < -0.3 is 4.57 Å². The predicted octanol–water partition coefficient (Wildman–Crippen LogP) is 10.9. The third kappa shape index (κ3) is 3.92. The lowest BCUT2D eigenvalue weighted by Crippen LogP contribution is -1.95. The van der Waals surface area contributed by atoms with Gasteiger partial charge in [-0.3, -0.25) is 4.98 Å². The molecule has 10 rings (SSSR count). The van der Waals surface area contributed by atoms with E-state index < -0.39 is 0 Å². The molecule has 218 valence electrons. The first-order valence-electron chi connectivity index (χ1n) is 15.9. The van der Waals surface area contributed by atoms with Gasteiger partial charge in [-0.1, -0.05) is 109 Å². The number of aromatic nitrogens is 4. The topological polar surface area (TPSA) is 43.6 Å². The van der Waals surface area contributed by atoms with Crippen LogP contribution in [0.2, 0.25) is 0 Å². The largest absolute Gasteiger partial charge is 0.309 e. The lowest BCUT2D eigenvalue weighted by Gasteiger charge is -2.13. The van der Waals surface area contributed by atoms with Crippen molar-refractivity contribution in [3.05, 3.63) is 158 Å². The first-order valence-corrected chi connectivity index (χ1v) is 15.9. The smallest absolute Gasteiger partial charge is 0.0972 e. The Morgan fingerprint density at radius 2 is 1.21 bits per heavy atom. The maximum atomic E-state index is 5.19. The van der Waals surface area contributed by atoms with Crippen LogP contribution in [0.4, 0.5) is 0 Å². The summed E-state index contributed by atoms with van der Waals surface area (Å²) in [6, 6.07) is 53.6. The zero-order chi connectivity index (χ0) is 30.9. The highest BCUT2D eigenvalue weighted by molar-refractivity contribution is 6.29. The van der Waals surface area contributed by atoms with Crippen LogP contribution in [0.5, 0.6) is 0 Å². The van der Waals surface area contributed by atoms with E-state index in [0.717, 1.165) is 77.3 Å². The molecule has 4 nitrogen and oxygen atoms in total. The van der Waals surface area contributed by atoms with Crippen LogP contribution in [0.25, 0.3) is 93.5 Å². The van der Waals surface area contributed by atoms with Crippen LogP contribution < -0.4 is 0 Å². The number of hydrogen-bond donors (Lipinski definition) is 0. The van der Waals surface area contributed by atoms with E-state index >= 15 is 0 Å². The Balaban J connectivity index is 1.25. The fourth-order valence-corrected chi connectivity index (χ4v) is 7.28. The maximum absolute atomic E-state index is 5.19. The van der Waals surface area contributed by atoms with E-state index in [2.05, 4.69) is 155 Å². The Morgan fingerprint density at radius 3 is 2.13 bits per heavy atom. The minimum Gasteiger partial charge on any atom is -0.309 e. The molecule has 0 aliphatic heterocycles. The van der Waals surface area contributed by atoms with Crippen molar-refractivity contribution in [1.82, 2.24) is 19.5 Å². The van der Waals surface area contributed by atoms with Gasteiger partial charge >= 0.3 is 0 Å². The molecule has 0 aliphatic carbocycles. The zero-order valence-corrected chi connectivity index (χ0v) is 25.3. The van der Waals surface area contributed by atoms with Crippen molar-refractivity contribution in [2.75, 3.05) is 0 Å². The van der Waals surface area contributed by atoms with Crippen LogP contribution in [0.3, 0.4) is 0 Å². The third-order valence-electron chi connectivity index (χ3n) is 9.38. The van der Waals surface area contributed by atoms with Crippen molar-refractivity contribution in [3.8, 4) is 28.2 Å². The first kappa shape index (κ1) is 25.9. The highest BCUT2D eigenvalue weighted by atomic mass is 15.0. The van der Waals surface area contributed by atoms with Crippen molar-refractivity contribution in [2.24, 2.45) is 0 Å². The van der Waals surface area contributed by atoms with Gasteiger partial charge in [-0.15, -0.1) is 0 Å². The monoisotopic (exact) mass is 598 g/mol. The third-order valence-corrected chi connectivity index (χ3v) is 9.38. The summed E-state index contributed by atoms with van der Waals surface area (Å²) in [5.74, 6) is 0. The van der Waals surface area contributed by atoms with Gasteiger partial charge in [0, 0.05) is 60.7 Å². The van der Waals surface area contributed by atoms with Gasteiger partial charge in [0.1, 0.15) is 0 Å². The highest BCUT2D eigenvalue weighted by Gasteiger charge is 2.19. The van der Waals surface area contributed by atoms with Crippen LogP contribution in [0.15, 0.2) is 158 Å². The minimum absolute atomic E-state index is 0.920. The summed E-state index contributed by atoms with van der Waals surface area (Å²) >= 11 is 0. The molecule has 0 atom stereocenters. The van der Waals surface area contributed by atoms with Crippen LogP contribution >= 0.6 is 0 Å². The van der Waals surface area contributed by atoms with Crippen LogP contribution in [0, 0.1) is 0 Å². The van der Waals surface area contributed by atoms with Crippen molar-refractivity contribution >= 4 is 65.3 Å². The summed E-state index contributed by atoms with van der Waals surface area (Å²) in [4.78, 5) is 15.0. The summed E-state index contributed by atoms with van der Waals surface area (Å²) in [5.41, 5.74) is 10.4. The average molecular weight is 599 g/mol. The number of para-hydroxylation sites is 2. The Hall–Kier alpha value is -6.39. The molecule has 0 N–H and O–H groups in total. The maximum Gasteiger partial charge on any atom is 0.0972 e. The number of hydrogen-bond acceptors (Lipinski definition) is 3. The Kier molecular flexibility index (Phi) is 5.54. The average Bonchev–Trinajstić information content (AvgIpc) is 3.49. The molecule has 0 radical (unpaired) electrons. The molecular formula is C43H26N4. The summed E-state index contributed by atoms with van der Waals surface area (Å²) in [7, 11) is 0. The molecule has 0 aliphatic rings. The molecule has 0 unspecified atom stereocenters. The lowest BCUT2D eigenvalue weighted by atomic mass is 9.96. The predicted molar refractivity (Wildman–Crippen MR) is 195 cm³/mol. The summed E-state index contributed by atoms with van der Waals surface area (Å²) in [6.07, 6.45) is 1.84. The zero-order valence-electron chi connectivity index (χ0n) is 25.3. The normalized spacial score (nSPS) is 11.8. The van der Waals surface area contributed by atoms with E-state index in [-0.39, 0.29) is 0 Å². The van der Waals surface area contributed by atoms with Gasteiger partial charge in [0.15, 0.2) is 0 Å². The van der Waals surface area contributed by atoms with Gasteiger partial charge in [-0.2, -0.15) is 0 Å². The van der Waals surface area contributed by atoms with Crippen molar-refractivity contribution in [1.29, 1.82) is 0 Å².